The van der Waals surface area contributed by atoms with Gasteiger partial charge >= 0.3 is 11.9 Å². The Balaban J connectivity index is 4.43. The van der Waals surface area contributed by atoms with Crippen LogP contribution in [-0.4, -0.2) is 37.9 Å². The molecule has 5 heteroatoms. The SMILES string of the molecule is CC/C=C\C/C=C\C/C=C\C/C=C\C/C=C\CCCCCCOCC(COC(=O)CCCCCCCCC/C=C\C/C=C\C/C=C\CC)OC(=O)CC/C=C\C/C=C\C/C=C\C/C=C\CC. The van der Waals surface area contributed by atoms with Gasteiger partial charge in [0.15, 0.2) is 6.10 Å². The minimum Gasteiger partial charge on any atom is -0.462 e. The van der Waals surface area contributed by atoms with Crippen molar-refractivity contribution in [1.29, 1.82) is 0 Å². The van der Waals surface area contributed by atoms with Crippen LogP contribution in [0.4, 0.5) is 0 Å². The molecule has 5 nitrogen and oxygen atoms in total. The number of hydrogen-bond acceptors (Lipinski definition) is 5. The number of unbranched alkanes of at least 4 members (excludes halogenated alkanes) is 11. The molecule has 0 aromatic rings. The highest BCUT2D eigenvalue weighted by Gasteiger charge is 2.17. The fraction of sp³-hybridized carbons (Fsp3) is 0.574. The highest BCUT2D eigenvalue weighted by molar-refractivity contribution is 5.70. The zero-order valence-corrected chi connectivity index (χ0v) is 42.4. The van der Waals surface area contributed by atoms with E-state index in [0.29, 0.717) is 19.4 Å². The molecule has 1 unspecified atom stereocenters. The van der Waals surface area contributed by atoms with Gasteiger partial charge in [0.25, 0.3) is 0 Å². The quantitative estimate of drug-likeness (QED) is 0.0346. The van der Waals surface area contributed by atoms with Gasteiger partial charge in [-0.05, 0) is 122 Å². The molecule has 0 aromatic carbocycles. The second-order valence-electron chi connectivity index (χ2n) is 16.6. The average Bonchev–Trinajstić information content (AvgIpc) is 3.32. The number of carbonyl (C=O) groups is 2. The predicted octanol–water partition coefficient (Wildman–Crippen LogP) is 18.1. The maximum atomic E-state index is 12.8. The number of allylic oxidation sites excluding steroid dienone is 24. The normalized spacial score (nSPS) is 13.4. The van der Waals surface area contributed by atoms with Crippen LogP contribution in [0.3, 0.4) is 0 Å². The molecule has 0 saturated heterocycles. The first kappa shape index (κ1) is 61.8. The predicted molar refractivity (Wildman–Crippen MR) is 288 cm³/mol. The van der Waals surface area contributed by atoms with Crippen molar-refractivity contribution in [2.45, 2.75) is 207 Å². The van der Waals surface area contributed by atoms with Gasteiger partial charge < -0.3 is 14.2 Å². The van der Waals surface area contributed by atoms with Gasteiger partial charge in [-0.3, -0.25) is 9.59 Å². The van der Waals surface area contributed by atoms with Crippen molar-refractivity contribution >= 4 is 11.9 Å². The summed E-state index contributed by atoms with van der Waals surface area (Å²) >= 11 is 0. The van der Waals surface area contributed by atoms with E-state index in [-0.39, 0.29) is 31.6 Å². The van der Waals surface area contributed by atoms with Gasteiger partial charge in [0.1, 0.15) is 6.61 Å². The zero-order chi connectivity index (χ0) is 47.7. The van der Waals surface area contributed by atoms with E-state index in [9.17, 15) is 9.59 Å². The van der Waals surface area contributed by atoms with Crippen LogP contribution in [0.25, 0.3) is 0 Å². The van der Waals surface area contributed by atoms with E-state index in [2.05, 4.69) is 161 Å². The third kappa shape index (κ3) is 52.4. The molecule has 0 aromatic heterocycles. The molecular weight excluding hydrogens is 813 g/mol. The van der Waals surface area contributed by atoms with Gasteiger partial charge in [-0.1, -0.05) is 212 Å². The molecule has 0 rings (SSSR count). The number of ether oxygens (including phenoxy) is 3. The molecule has 0 saturated carbocycles. The van der Waals surface area contributed by atoms with Crippen molar-refractivity contribution in [3.8, 4) is 0 Å². The lowest BCUT2D eigenvalue weighted by Crippen LogP contribution is -2.30. The number of esters is 2. The number of hydrogen-bond donors (Lipinski definition) is 0. The minimum absolute atomic E-state index is 0.0306. The molecule has 66 heavy (non-hydrogen) atoms. The van der Waals surface area contributed by atoms with E-state index in [0.717, 1.165) is 135 Å². The minimum atomic E-state index is -0.603. The Labute approximate surface area is 406 Å². The summed E-state index contributed by atoms with van der Waals surface area (Å²) in [5, 5.41) is 0. The van der Waals surface area contributed by atoms with E-state index >= 15 is 0 Å². The van der Waals surface area contributed by atoms with Gasteiger partial charge in [0.05, 0.1) is 6.61 Å². The first-order chi connectivity index (χ1) is 32.6. The van der Waals surface area contributed by atoms with Crippen molar-refractivity contribution in [3.63, 3.8) is 0 Å². The summed E-state index contributed by atoms with van der Waals surface area (Å²) in [5.74, 6) is -0.529. The molecule has 0 aliphatic rings. The van der Waals surface area contributed by atoms with Gasteiger partial charge in [0, 0.05) is 19.4 Å². The van der Waals surface area contributed by atoms with E-state index < -0.39 is 6.10 Å². The molecule has 0 radical (unpaired) electrons. The molecular formula is C61H96O5. The number of rotatable bonds is 46. The summed E-state index contributed by atoms with van der Waals surface area (Å²) in [6.07, 6.45) is 80.2. The average molecular weight is 909 g/mol. The van der Waals surface area contributed by atoms with Crippen LogP contribution in [0.2, 0.25) is 0 Å². The second kappa shape index (κ2) is 55.1. The fourth-order valence-electron chi connectivity index (χ4n) is 6.56. The van der Waals surface area contributed by atoms with E-state index in [1.807, 2.05) is 6.08 Å². The van der Waals surface area contributed by atoms with Crippen molar-refractivity contribution in [3.05, 3.63) is 146 Å². The smallest absolute Gasteiger partial charge is 0.306 e. The Morgan fingerprint density at radius 2 is 0.667 bits per heavy atom. The molecule has 1 atom stereocenters. The van der Waals surface area contributed by atoms with Crippen LogP contribution >= 0.6 is 0 Å². The van der Waals surface area contributed by atoms with Crippen LogP contribution in [0.1, 0.15) is 201 Å². The second-order valence-corrected chi connectivity index (χ2v) is 16.6. The van der Waals surface area contributed by atoms with Crippen LogP contribution in [0, 0.1) is 0 Å². The molecule has 0 aliphatic carbocycles. The van der Waals surface area contributed by atoms with Crippen molar-refractivity contribution in [2.75, 3.05) is 19.8 Å². The summed E-state index contributed by atoms with van der Waals surface area (Å²) in [6.45, 7) is 7.32. The molecule has 0 fully saturated rings. The largest absolute Gasteiger partial charge is 0.462 e. The number of carbonyl (C=O) groups excluding carboxylic acids is 2. The third-order valence-corrected chi connectivity index (χ3v) is 10.4. The zero-order valence-electron chi connectivity index (χ0n) is 42.4. The Bertz CT molecular complexity index is 1450. The van der Waals surface area contributed by atoms with Crippen LogP contribution in [-0.2, 0) is 23.8 Å². The van der Waals surface area contributed by atoms with Gasteiger partial charge in [-0.25, -0.2) is 0 Å². The maximum Gasteiger partial charge on any atom is 0.306 e. The van der Waals surface area contributed by atoms with Gasteiger partial charge in [-0.15, -0.1) is 0 Å². The standard InChI is InChI=1S/C61H96O5/c1-4-7-10-13-16-19-22-25-27-29-30-31-33-35-38-41-44-47-50-53-56-64-57-59(66-61(63)55-52-49-46-43-40-36-24-21-18-15-12-9-6-3)58-65-60(62)54-51-48-45-42-39-37-34-32-28-26-23-20-17-14-11-8-5-2/h7-12,16-21,25-28,30-31,35-36,38,40,46,49,59H,4-6,13-15,22-24,29,32-34,37,39,41-45,47-48,50-58H2,1-3H3/b10-7-,11-8-,12-9-,19-16-,20-17-,21-18-,27-25-,28-26-,31-30-,38-35-,40-36-,49-46-. The van der Waals surface area contributed by atoms with E-state index in [4.69, 9.17) is 14.2 Å². The Hall–Kier alpha value is -4.22. The third-order valence-electron chi connectivity index (χ3n) is 10.4. The molecule has 0 aliphatic heterocycles. The lowest BCUT2D eigenvalue weighted by Gasteiger charge is -2.18. The Morgan fingerprint density at radius 1 is 0.333 bits per heavy atom. The van der Waals surface area contributed by atoms with Gasteiger partial charge in [0.2, 0.25) is 0 Å². The summed E-state index contributed by atoms with van der Waals surface area (Å²) in [5.41, 5.74) is 0. The lowest BCUT2D eigenvalue weighted by molar-refractivity contribution is -0.162. The summed E-state index contributed by atoms with van der Waals surface area (Å²) in [6, 6.07) is 0. The lowest BCUT2D eigenvalue weighted by atomic mass is 10.1. The first-order valence-electron chi connectivity index (χ1n) is 26.4. The van der Waals surface area contributed by atoms with Crippen LogP contribution in [0.15, 0.2) is 146 Å². The molecule has 0 bridgehead atoms. The molecule has 0 amide bonds. The fourth-order valence-corrected chi connectivity index (χ4v) is 6.56. The maximum absolute atomic E-state index is 12.8. The Morgan fingerprint density at radius 3 is 1.08 bits per heavy atom. The highest BCUT2D eigenvalue weighted by atomic mass is 16.6. The summed E-state index contributed by atoms with van der Waals surface area (Å²) in [4.78, 5) is 25.4. The highest BCUT2D eigenvalue weighted by Crippen LogP contribution is 2.12. The monoisotopic (exact) mass is 909 g/mol. The topological polar surface area (TPSA) is 61.8 Å². The van der Waals surface area contributed by atoms with E-state index in [1.165, 1.54) is 25.7 Å². The molecule has 0 heterocycles. The molecule has 0 spiro atoms. The molecule has 0 N–H and O–H groups in total. The molecule has 370 valence electrons. The van der Waals surface area contributed by atoms with Crippen molar-refractivity contribution in [1.82, 2.24) is 0 Å². The van der Waals surface area contributed by atoms with Crippen molar-refractivity contribution < 1.29 is 23.8 Å². The first-order valence-corrected chi connectivity index (χ1v) is 26.4. The summed E-state index contributed by atoms with van der Waals surface area (Å²) < 4.78 is 17.3. The van der Waals surface area contributed by atoms with Gasteiger partial charge in [-0.2, -0.15) is 0 Å². The van der Waals surface area contributed by atoms with E-state index in [1.54, 1.807) is 0 Å². The van der Waals surface area contributed by atoms with Crippen molar-refractivity contribution in [2.24, 2.45) is 0 Å². The Kier molecular flexibility index (Phi) is 51.6. The van der Waals surface area contributed by atoms with Crippen LogP contribution in [0.5, 0.6) is 0 Å². The summed E-state index contributed by atoms with van der Waals surface area (Å²) in [7, 11) is 0. The van der Waals surface area contributed by atoms with Crippen LogP contribution < -0.4 is 0 Å².